The molecule has 0 radical (unpaired) electrons. The second-order valence-corrected chi connectivity index (χ2v) is 5.80. The first kappa shape index (κ1) is 15.4. The van der Waals surface area contributed by atoms with E-state index < -0.39 is 0 Å². The van der Waals surface area contributed by atoms with Gasteiger partial charge in [-0.15, -0.1) is 0 Å². The molecule has 0 saturated carbocycles. The van der Waals surface area contributed by atoms with Crippen LogP contribution in [0.1, 0.15) is 26.3 Å². The lowest BCUT2D eigenvalue weighted by Gasteiger charge is -2.36. The van der Waals surface area contributed by atoms with Gasteiger partial charge < -0.3 is 15.3 Å². The normalized spacial score (nSPS) is 12.9. The van der Waals surface area contributed by atoms with Gasteiger partial charge in [0, 0.05) is 25.1 Å². The lowest BCUT2D eigenvalue weighted by molar-refractivity contribution is 0.0885. The number of anilines is 1. The summed E-state index contributed by atoms with van der Waals surface area (Å²) in [5.41, 5.74) is 1.45. The van der Waals surface area contributed by atoms with Gasteiger partial charge in [0.2, 0.25) is 0 Å². The average molecular weight is 265 g/mol. The molecule has 2 amide bonds. The summed E-state index contributed by atoms with van der Waals surface area (Å²) in [5.74, 6) is 0. The Morgan fingerprint density at radius 1 is 1.53 bits per heavy atom. The van der Waals surface area contributed by atoms with E-state index in [9.17, 15) is 9.90 Å². The molecule has 1 heterocycles. The number of urea groups is 1. The first-order valence-corrected chi connectivity index (χ1v) is 6.32. The third kappa shape index (κ3) is 3.92. The largest absolute Gasteiger partial charge is 0.394 e. The van der Waals surface area contributed by atoms with Gasteiger partial charge in [-0.25, -0.2) is 4.79 Å². The fourth-order valence-corrected chi connectivity index (χ4v) is 1.94. The van der Waals surface area contributed by atoms with E-state index >= 15 is 0 Å². The fourth-order valence-electron chi connectivity index (χ4n) is 1.94. The van der Waals surface area contributed by atoms with E-state index in [0.717, 1.165) is 11.3 Å². The molecule has 0 saturated heterocycles. The molecule has 1 atom stereocenters. The average Bonchev–Trinajstić information content (AvgIpc) is 2.31. The number of rotatable bonds is 3. The third-order valence-corrected chi connectivity index (χ3v) is 3.22. The molecule has 0 aromatic carbocycles. The molecule has 0 bridgehead atoms. The maximum atomic E-state index is 12.2. The summed E-state index contributed by atoms with van der Waals surface area (Å²) in [6.07, 6.45) is 3.33. The molecule has 1 aromatic rings. The van der Waals surface area contributed by atoms with E-state index in [4.69, 9.17) is 0 Å². The number of aliphatic hydroxyl groups is 1. The van der Waals surface area contributed by atoms with E-state index in [-0.39, 0.29) is 24.1 Å². The van der Waals surface area contributed by atoms with E-state index in [1.807, 2.05) is 27.7 Å². The molecule has 0 fully saturated rings. The van der Waals surface area contributed by atoms with Crippen molar-refractivity contribution in [1.82, 2.24) is 9.88 Å². The minimum Gasteiger partial charge on any atom is -0.394 e. The van der Waals surface area contributed by atoms with Gasteiger partial charge in [0.15, 0.2) is 0 Å². The molecular formula is C14H23N3O2. The highest BCUT2D eigenvalue weighted by atomic mass is 16.3. The maximum Gasteiger partial charge on any atom is 0.321 e. The van der Waals surface area contributed by atoms with Gasteiger partial charge in [-0.2, -0.15) is 0 Å². The Hall–Kier alpha value is -1.62. The number of nitrogens with zero attached hydrogens (tertiary/aromatic N) is 2. The van der Waals surface area contributed by atoms with Crippen molar-refractivity contribution in [2.24, 2.45) is 5.41 Å². The monoisotopic (exact) mass is 265 g/mol. The molecule has 0 spiro atoms. The first-order valence-electron chi connectivity index (χ1n) is 6.32. The van der Waals surface area contributed by atoms with Crippen molar-refractivity contribution in [1.29, 1.82) is 0 Å². The number of likely N-dealkylation sites (N-methyl/N-ethyl adjacent to an activating group) is 1. The fraction of sp³-hybridized carbons (Fsp3) is 0.571. The van der Waals surface area contributed by atoms with Gasteiger partial charge in [-0.3, -0.25) is 4.98 Å². The van der Waals surface area contributed by atoms with Crippen LogP contribution < -0.4 is 5.32 Å². The molecule has 0 aliphatic carbocycles. The molecule has 1 unspecified atom stereocenters. The molecule has 5 heteroatoms. The van der Waals surface area contributed by atoms with Crippen LogP contribution in [0.2, 0.25) is 0 Å². The number of hydrogen-bond donors (Lipinski definition) is 2. The van der Waals surface area contributed by atoms with Crippen molar-refractivity contribution < 1.29 is 9.90 Å². The predicted molar refractivity (Wildman–Crippen MR) is 76.1 cm³/mol. The summed E-state index contributed by atoms with van der Waals surface area (Å²) < 4.78 is 0. The first-order chi connectivity index (χ1) is 8.77. The van der Waals surface area contributed by atoms with Crippen LogP contribution in [0.5, 0.6) is 0 Å². The maximum absolute atomic E-state index is 12.2. The van der Waals surface area contributed by atoms with Crippen LogP contribution in [0, 0.1) is 12.3 Å². The highest BCUT2D eigenvalue weighted by Gasteiger charge is 2.30. The molecular weight excluding hydrogens is 242 g/mol. The third-order valence-electron chi connectivity index (χ3n) is 3.22. The van der Waals surface area contributed by atoms with Crippen molar-refractivity contribution in [3.05, 3.63) is 24.0 Å². The van der Waals surface area contributed by atoms with Gasteiger partial charge in [-0.05, 0) is 24.0 Å². The van der Waals surface area contributed by atoms with Crippen LogP contribution in [0.25, 0.3) is 0 Å². The second-order valence-electron chi connectivity index (χ2n) is 5.80. The Kier molecular flexibility index (Phi) is 4.89. The highest BCUT2D eigenvalue weighted by Crippen LogP contribution is 2.24. The summed E-state index contributed by atoms with van der Waals surface area (Å²) in [5, 5.41) is 12.3. The van der Waals surface area contributed by atoms with Crippen molar-refractivity contribution in [3.63, 3.8) is 0 Å². The number of aryl methyl sites for hydroxylation is 1. The molecule has 1 rings (SSSR count). The van der Waals surface area contributed by atoms with Gasteiger partial charge in [0.05, 0.1) is 12.6 Å². The summed E-state index contributed by atoms with van der Waals surface area (Å²) in [6.45, 7) is 7.80. The van der Waals surface area contributed by atoms with Crippen LogP contribution in [-0.2, 0) is 0 Å². The van der Waals surface area contributed by atoms with Crippen molar-refractivity contribution in [2.75, 3.05) is 19.0 Å². The number of pyridine rings is 1. The number of hydrogen-bond acceptors (Lipinski definition) is 3. The van der Waals surface area contributed by atoms with E-state index in [1.165, 1.54) is 0 Å². The van der Waals surface area contributed by atoms with Gasteiger partial charge in [-0.1, -0.05) is 20.8 Å². The van der Waals surface area contributed by atoms with Crippen LogP contribution in [0.3, 0.4) is 0 Å². The Labute approximate surface area is 114 Å². The van der Waals surface area contributed by atoms with E-state index in [0.29, 0.717) is 0 Å². The number of amides is 2. The molecule has 0 aliphatic heterocycles. The molecule has 2 N–H and O–H groups in total. The SMILES string of the molecule is Cc1cnccc1NC(=O)N(C)C(CO)C(C)(C)C. The number of carbonyl (C=O) groups excluding carboxylic acids is 1. The van der Waals surface area contributed by atoms with Gasteiger partial charge >= 0.3 is 6.03 Å². The Morgan fingerprint density at radius 2 is 2.16 bits per heavy atom. The van der Waals surface area contributed by atoms with E-state index in [1.54, 1.807) is 30.4 Å². The summed E-state index contributed by atoms with van der Waals surface area (Å²) in [4.78, 5) is 17.7. The van der Waals surface area contributed by atoms with Gasteiger partial charge in [0.25, 0.3) is 0 Å². The smallest absolute Gasteiger partial charge is 0.321 e. The Bertz CT molecular complexity index is 441. The van der Waals surface area contributed by atoms with Crippen molar-refractivity contribution in [2.45, 2.75) is 33.7 Å². The summed E-state index contributed by atoms with van der Waals surface area (Å²) >= 11 is 0. The van der Waals surface area contributed by atoms with Gasteiger partial charge in [0.1, 0.15) is 0 Å². The lowest BCUT2D eigenvalue weighted by Crippen LogP contribution is -2.48. The number of carbonyl (C=O) groups is 1. The van der Waals surface area contributed by atoms with Crippen molar-refractivity contribution >= 4 is 11.7 Å². The molecule has 106 valence electrons. The minimum atomic E-state index is -0.241. The zero-order valence-corrected chi connectivity index (χ0v) is 12.3. The molecule has 0 aliphatic rings. The second kappa shape index (κ2) is 6.02. The Balaban J connectivity index is 2.81. The number of aromatic nitrogens is 1. The quantitative estimate of drug-likeness (QED) is 0.881. The minimum absolute atomic E-state index is 0.0667. The molecule has 19 heavy (non-hydrogen) atoms. The van der Waals surface area contributed by atoms with Crippen LogP contribution in [-0.4, -0.2) is 40.7 Å². The number of aliphatic hydroxyl groups excluding tert-OH is 1. The topological polar surface area (TPSA) is 65.5 Å². The van der Waals surface area contributed by atoms with Crippen LogP contribution in [0.4, 0.5) is 10.5 Å². The van der Waals surface area contributed by atoms with Crippen molar-refractivity contribution in [3.8, 4) is 0 Å². The standard InChI is InChI=1S/C14H23N3O2/c1-10-8-15-7-6-11(10)16-13(19)17(5)12(9-18)14(2,3)4/h6-8,12,18H,9H2,1-5H3,(H,15,16,19). The highest BCUT2D eigenvalue weighted by molar-refractivity contribution is 5.90. The number of nitrogens with one attached hydrogen (secondary N) is 1. The molecule has 1 aromatic heterocycles. The Morgan fingerprint density at radius 3 is 2.63 bits per heavy atom. The summed E-state index contributed by atoms with van der Waals surface area (Å²) in [6, 6.07) is 1.28. The van der Waals surface area contributed by atoms with E-state index in [2.05, 4.69) is 10.3 Å². The zero-order valence-electron chi connectivity index (χ0n) is 12.3. The summed E-state index contributed by atoms with van der Waals surface area (Å²) in [7, 11) is 1.69. The van der Waals surface area contributed by atoms with Crippen LogP contribution in [0.15, 0.2) is 18.5 Å². The molecule has 5 nitrogen and oxygen atoms in total. The predicted octanol–water partition coefficient (Wildman–Crippen LogP) is 2.26. The zero-order chi connectivity index (χ0) is 14.6. The van der Waals surface area contributed by atoms with Crippen LogP contribution >= 0.6 is 0 Å². The lowest BCUT2D eigenvalue weighted by atomic mass is 9.86.